The lowest BCUT2D eigenvalue weighted by Gasteiger charge is -2.17. The highest BCUT2D eigenvalue weighted by molar-refractivity contribution is 7.98. The molecule has 2 aromatic rings. The second-order valence-corrected chi connectivity index (χ2v) is 4.86. The largest absolute Gasteiger partial charge is 0.481 e. The van der Waals surface area contributed by atoms with E-state index in [0.29, 0.717) is 5.69 Å². The summed E-state index contributed by atoms with van der Waals surface area (Å²) in [5.74, 6) is 0.864. The van der Waals surface area contributed by atoms with Crippen molar-refractivity contribution in [2.24, 2.45) is 0 Å². The van der Waals surface area contributed by atoms with Gasteiger partial charge in [0.15, 0.2) is 0 Å². The fourth-order valence-corrected chi connectivity index (χ4v) is 2.92. The van der Waals surface area contributed by atoms with Crippen LogP contribution in [0.25, 0.3) is 5.69 Å². The highest BCUT2D eigenvalue weighted by atomic mass is 32.2. The summed E-state index contributed by atoms with van der Waals surface area (Å²) in [6, 6.07) is 8.08. The molecule has 1 aliphatic rings. The Balaban J connectivity index is 2.07. The van der Waals surface area contributed by atoms with Crippen LogP contribution in [0.1, 0.15) is 11.5 Å². The van der Waals surface area contributed by atoms with Gasteiger partial charge >= 0.3 is 5.97 Å². The number of thioether (sulfide) groups is 1. The lowest BCUT2D eigenvalue weighted by molar-refractivity contribution is -0.136. The minimum absolute atomic E-state index is 0.0210. The molecule has 86 valence electrons. The van der Waals surface area contributed by atoms with Gasteiger partial charge in [-0.05, 0) is 12.1 Å². The summed E-state index contributed by atoms with van der Waals surface area (Å²) in [5.41, 5.74) is 1.70. The summed E-state index contributed by atoms with van der Waals surface area (Å²) < 4.78 is 1.99. The Bertz CT molecular complexity index is 592. The lowest BCUT2D eigenvalue weighted by atomic mass is 10.3. The van der Waals surface area contributed by atoms with Gasteiger partial charge in [-0.1, -0.05) is 12.1 Å². The number of aromatic nitrogens is 2. The van der Waals surface area contributed by atoms with E-state index in [0.717, 1.165) is 17.3 Å². The highest BCUT2D eigenvalue weighted by Crippen LogP contribution is 2.34. The molecule has 0 amide bonds. The van der Waals surface area contributed by atoms with Crippen molar-refractivity contribution in [3.8, 4) is 5.69 Å². The number of para-hydroxylation sites is 1. The molecule has 1 aliphatic heterocycles. The number of rotatable bonds is 2. The van der Waals surface area contributed by atoms with Gasteiger partial charge in [-0.25, -0.2) is 4.98 Å². The fourth-order valence-electron chi connectivity index (χ4n) is 1.94. The first-order valence-electron chi connectivity index (χ1n) is 5.25. The Morgan fingerprint density at radius 1 is 1.47 bits per heavy atom. The number of carbonyl (C=O) groups is 1. The zero-order chi connectivity index (χ0) is 11.8. The Morgan fingerprint density at radius 2 is 2.29 bits per heavy atom. The molecule has 0 aliphatic carbocycles. The van der Waals surface area contributed by atoms with Crippen molar-refractivity contribution in [2.45, 2.75) is 17.1 Å². The normalized spacial score (nSPS) is 12.9. The first-order valence-corrected chi connectivity index (χ1v) is 6.24. The van der Waals surface area contributed by atoms with Crippen molar-refractivity contribution in [3.63, 3.8) is 0 Å². The Hall–Kier alpha value is -1.75. The van der Waals surface area contributed by atoms with E-state index < -0.39 is 5.97 Å². The zero-order valence-electron chi connectivity index (χ0n) is 8.96. The third-order valence-electron chi connectivity index (χ3n) is 2.64. The number of nitrogens with zero attached hydrogens (tertiary/aromatic N) is 2. The second kappa shape index (κ2) is 3.92. The third kappa shape index (κ3) is 1.82. The van der Waals surface area contributed by atoms with Crippen LogP contribution >= 0.6 is 11.8 Å². The van der Waals surface area contributed by atoms with Crippen molar-refractivity contribution < 1.29 is 9.90 Å². The average Bonchev–Trinajstić information content (AvgIpc) is 2.70. The molecule has 0 atom stereocenters. The SMILES string of the molecule is O=C(O)Cc1cn2c(n1)CSc1ccccc1-2. The van der Waals surface area contributed by atoms with Crippen molar-refractivity contribution in [2.75, 3.05) is 0 Å². The molecule has 0 fully saturated rings. The van der Waals surface area contributed by atoms with E-state index in [9.17, 15) is 4.79 Å². The molecule has 0 saturated carbocycles. The van der Waals surface area contributed by atoms with Crippen LogP contribution in [0, 0.1) is 0 Å². The van der Waals surface area contributed by atoms with Gasteiger partial charge in [-0.3, -0.25) is 4.79 Å². The van der Waals surface area contributed by atoms with Crippen LogP contribution in [0.15, 0.2) is 35.4 Å². The maximum atomic E-state index is 10.7. The Labute approximate surface area is 102 Å². The summed E-state index contributed by atoms with van der Waals surface area (Å²) in [4.78, 5) is 16.2. The van der Waals surface area contributed by atoms with Crippen molar-refractivity contribution >= 4 is 17.7 Å². The summed E-state index contributed by atoms with van der Waals surface area (Å²) in [6.07, 6.45) is 1.80. The second-order valence-electron chi connectivity index (χ2n) is 3.85. The average molecular weight is 246 g/mol. The smallest absolute Gasteiger partial charge is 0.309 e. The van der Waals surface area contributed by atoms with Gasteiger partial charge in [0.05, 0.1) is 23.6 Å². The van der Waals surface area contributed by atoms with Crippen LogP contribution < -0.4 is 0 Å². The van der Waals surface area contributed by atoms with Crippen LogP contribution in [-0.4, -0.2) is 20.6 Å². The van der Waals surface area contributed by atoms with Crippen molar-refractivity contribution in [1.82, 2.24) is 9.55 Å². The molecule has 0 spiro atoms. The van der Waals surface area contributed by atoms with Gasteiger partial charge in [0.2, 0.25) is 0 Å². The summed E-state index contributed by atoms with van der Waals surface area (Å²) >= 11 is 1.73. The number of carboxylic acid groups (broad SMARTS) is 1. The van der Waals surface area contributed by atoms with Gasteiger partial charge < -0.3 is 9.67 Å². The molecule has 2 heterocycles. The van der Waals surface area contributed by atoms with E-state index in [1.54, 1.807) is 11.8 Å². The van der Waals surface area contributed by atoms with Gasteiger partial charge in [-0.15, -0.1) is 11.8 Å². The molecule has 1 aromatic heterocycles. The van der Waals surface area contributed by atoms with Crippen LogP contribution in [0.4, 0.5) is 0 Å². The number of aliphatic carboxylic acids is 1. The van der Waals surface area contributed by atoms with Crippen LogP contribution in [0.3, 0.4) is 0 Å². The molecule has 0 unspecified atom stereocenters. The molecule has 0 bridgehead atoms. The van der Waals surface area contributed by atoms with Crippen LogP contribution in [0.2, 0.25) is 0 Å². The van der Waals surface area contributed by atoms with E-state index in [1.807, 2.05) is 29.0 Å². The highest BCUT2D eigenvalue weighted by Gasteiger charge is 2.18. The Morgan fingerprint density at radius 3 is 3.12 bits per heavy atom. The van der Waals surface area contributed by atoms with Crippen LogP contribution in [0.5, 0.6) is 0 Å². The predicted octanol–water partition coefficient (Wildman–Crippen LogP) is 2.11. The van der Waals surface area contributed by atoms with E-state index in [4.69, 9.17) is 5.11 Å². The summed E-state index contributed by atoms with van der Waals surface area (Å²) in [6.45, 7) is 0. The summed E-state index contributed by atoms with van der Waals surface area (Å²) in [5, 5.41) is 8.77. The minimum Gasteiger partial charge on any atom is -0.481 e. The number of hydrogen-bond donors (Lipinski definition) is 1. The molecular formula is C12H10N2O2S. The van der Waals surface area contributed by atoms with E-state index >= 15 is 0 Å². The molecule has 5 heteroatoms. The number of fused-ring (bicyclic) bond motifs is 3. The van der Waals surface area contributed by atoms with Gasteiger partial charge in [0.25, 0.3) is 0 Å². The quantitative estimate of drug-likeness (QED) is 0.881. The lowest BCUT2D eigenvalue weighted by Crippen LogP contribution is -2.04. The van der Waals surface area contributed by atoms with Crippen LogP contribution in [-0.2, 0) is 17.0 Å². The zero-order valence-corrected chi connectivity index (χ0v) is 9.78. The number of hydrogen-bond acceptors (Lipinski definition) is 3. The first-order chi connectivity index (χ1) is 8.24. The number of carboxylic acids is 1. The molecular weight excluding hydrogens is 236 g/mol. The van der Waals surface area contributed by atoms with E-state index in [1.165, 1.54) is 4.90 Å². The minimum atomic E-state index is -0.846. The fraction of sp³-hybridized carbons (Fsp3) is 0.167. The molecule has 0 saturated heterocycles. The monoisotopic (exact) mass is 246 g/mol. The first kappa shape index (κ1) is 10.4. The van der Waals surface area contributed by atoms with Gasteiger partial charge in [-0.2, -0.15) is 0 Å². The van der Waals surface area contributed by atoms with Crippen molar-refractivity contribution in [1.29, 1.82) is 0 Å². The Kier molecular flexibility index (Phi) is 2.40. The molecule has 3 rings (SSSR count). The molecule has 1 aromatic carbocycles. The molecule has 4 nitrogen and oxygen atoms in total. The van der Waals surface area contributed by atoms with Gasteiger partial charge in [0, 0.05) is 11.1 Å². The maximum Gasteiger partial charge on any atom is 0.309 e. The molecule has 1 N–H and O–H groups in total. The maximum absolute atomic E-state index is 10.7. The standard InChI is InChI=1S/C12H10N2O2S/c15-12(16)5-8-6-14-9-3-1-2-4-10(9)17-7-11(14)13-8/h1-4,6H,5,7H2,(H,15,16). The number of benzene rings is 1. The number of imidazole rings is 1. The predicted molar refractivity (Wildman–Crippen MR) is 64.5 cm³/mol. The third-order valence-corrected chi connectivity index (χ3v) is 3.70. The topological polar surface area (TPSA) is 55.1 Å². The summed E-state index contributed by atoms with van der Waals surface area (Å²) in [7, 11) is 0. The van der Waals surface area contributed by atoms with E-state index in [2.05, 4.69) is 11.1 Å². The molecule has 0 radical (unpaired) electrons. The van der Waals surface area contributed by atoms with Crippen molar-refractivity contribution in [3.05, 3.63) is 42.0 Å². The molecule has 17 heavy (non-hydrogen) atoms. The van der Waals surface area contributed by atoms with Gasteiger partial charge in [0.1, 0.15) is 5.82 Å². The van der Waals surface area contributed by atoms with E-state index in [-0.39, 0.29) is 6.42 Å².